The predicted octanol–water partition coefficient (Wildman–Crippen LogP) is 3.10. The van der Waals surface area contributed by atoms with Gasteiger partial charge in [0.15, 0.2) is 0 Å². The zero-order valence-corrected chi connectivity index (χ0v) is 19.0. The Kier molecular flexibility index (Phi) is 7.46. The van der Waals surface area contributed by atoms with E-state index in [4.69, 9.17) is 0 Å². The summed E-state index contributed by atoms with van der Waals surface area (Å²) < 4.78 is 40.6. The summed E-state index contributed by atoms with van der Waals surface area (Å²) in [6.45, 7) is 7.48. The van der Waals surface area contributed by atoms with E-state index < -0.39 is 16.1 Å². The molecule has 1 N–H and O–H groups in total. The minimum absolute atomic E-state index is 0.133. The van der Waals surface area contributed by atoms with Crippen molar-refractivity contribution in [2.75, 3.05) is 26.2 Å². The molecule has 6 nitrogen and oxygen atoms in total. The maximum Gasteiger partial charge on any atom is 0.243 e. The van der Waals surface area contributed by atoms with Crippen LogP contribution in [0.4, 0.5) is 4.39 Å². The third-order valence-electron chi connectivity index (χ3n) is 5.80. The molecule has 0 aromatic heterocycles. The molecule has 3 rings (SSSR count). The van der Waals surface area contributed by atoms with Gasteiger partial charge in [0.25, 0.3) is 0 Å². The first-order chi connectivity index (χ1) is 14.7. The van der Waals surface area contributed by atoms with Crippen LogP contribution in [0.25, 0.3) is 0 Å². The van der Waals surface area contributed by atoms with Crippen LogP contribution in [0, 0.1) is 12.7 Å². The fourth-order valence-corrected chi connectivity index (χ4v) is 5.20. The maximum absolute atomic E-state index is 13.1. The van der Waals surface area contributed by atoms with Gasteiger partial charge in [-0.2, -0.15) is 4.31 Å². The van der Waals surface area contributed by atoms with Gasteiger partial charge in [0, 0.05) is 26.2 Å². The molecule has 1 fully saturated rings. The summed E-state index contributed by atoms with van der Waals surface area (Å²) in [5, 5.41) is 2.97. The lowest BCUT2D eigenvalue weighted by molar-refractivity contribution is -0.126. The molecule has 168 valence electrons. The smallest absolute Gasteiger partial charge is 0.243 e. The Morgan fingerprint density at radius 3 is 2.26 bits per heavy atom. The zero-order valence-electron chi connectivity index (χ0n) is 18.2. The number of benzene rings is 2. The van der Waals surface area contributed by atoms with Crippen LogP contribution in [0.15, 0.2) is 53.4 Å². The molecule has 1 saturated heterocycles. The predicted molar refractivity (Wildman–Crippen MR) is 119 cm³/mol. The number of hydrogen-bond donors (Lipinski definition) is 1. The minimum Gasteiger partial charge on any atom is -0.348 e. The van der Waals surface area contributed by atoms with Crippen LogP contribution < -0.4 is 5.32 Å². The van der Waals surface area contributed by atoms with E-state index in [1.165, 1.54) is 16.4 Å². The molecule has 1 aliphatic heterocycles. The van der Waals surface area contributed by atoms with Gasteiger partial charge in [-0.15, -0.1) is 0 Å². The number of carbonyl (C=O) groups is 1. The molecule has 1 heterocycles. The molecule has 0 spiro atoms. The van der Waals surface area contributed by atoms with Gasteiger partial charge in [-0.3, -0.25) is 9.69 Å². The summed E-state index contributed by atoms with van der Waals surface area (Å²) in [6.07, 6.45) is 0.649. The van der Waals surface area contributed by atoms with Crippen LogP contribution in [-0.2, 0) is 14.8 Å². The number of rotatable bonds is 6. The number of amides is 1. The van der Waals surface area contributed by atoms with Gasteiger partial charge in [0.05, 0.1) is 17.0 Å². The third kappa shape index (κ3) is 5.70. The molecule has 2 aromatic carbocycles. The highest BCUT2D eigenvalue weighted by Gasteiger charge is 2.30. The van der Waals surface area contributed by atoms with Crippen LogP contribution >= 0.6 is 0 Å². The average Bonchev–Trinajstić information content (AvgIpc) is 3.00. The van der Waals surface area contributed by atoms with Gasteiger partial charge in [-0.05, 0) is 57.0 Å². The highest BCUT2D eigenvalue weighted by atomic mass is 32.2. The Morgan fingerprint density at radius 2 is 1.61 bits per heavy atom. The van der Waals surface area contributed by atoms with Crippen molar-refractivity contribution in [1.82, 2.24) is 14.5 Å². The Balaban J connectivity index is 1.61. The lowest BCUT2D eigenvalue weighted by atomic mass is 10.1. The molecule has 8 heteroatoms. The summed E-state index contributed by atoms with van der Waals surface area (Å²) >= 11 is 0. The molecule has 1 amide bonds. The van der Waals surface area contributed by atoms with E-state index in [2.05, 4.69) is 5.32 Å². The number of aryl methyl sites for hydroxylation is 1. The van der Waals surface area contributed by atoms with Crippen molar-refractivity contribution in [3.05, 3.63) is 65.5 Å². The standard InChI is InChI=1S/C23H30FN3O3S/c1-17-5-11-22(12-6-17)31(29,30)27-14-4-13-26(15-16-27)19(3)23(28)25-18(2)20-7-9-21(24)10-8-20/h5-12,18-19H,4,13-16H2,1-3H3,(H,25,28)/t18-,19-/m0/s1. The molecule has 0 aliphatic carbocycles. The first kappa shape index (κ1) is 23.4. The van der Waals surface area contributed by atoms with Crippen molar-refractivity contribution < 1.29 is 17.6 Å². The van der Waals surface area contributed by atoms with Crippen LogP contribution in [0.2, 0.25) is 0 Å². The second kappa shape index (κ2) is 9.89. The van der Waals surface area contributed by atoms with E-state index in [1.807, 2.05) is 25.7 Å². The number of carbonyl (C=O) groups excluding carboxylic acids is 1. The molecule has 0 bridgehead atoms. The molecule has 0 saturated carbocycles. The second-order valence-corrected chi connectivity index (χ2v) is 10.0. The lowest BCUT2D eigenvalue weighted by Crippen LogP contribution is -2.47. The van der Waals surface area contributed by atoms with Crippen molar-refractivity contribution in [3.63, 3.8) is 0 Å². The van der Waals surface area contributed by atoms with E-state index in [0.717, 1.165) is 11.1 Å². The Morgan fingerprint density at radius 1 is 0.968 bits per heavy atom. The number of halogens is 1. The van der Waals surface area contributed by atoms with E-state index in [0.29, 0.717) is 37.5 Å². The Hall–Kier alpha value is -2.29. The number of nitrogens with one attached hydrogen (secondary N) is 1. The molecule has 2 aromatic rings. The number of hydrogen-bond acceptors (Lipinski definition) is 4. The van der Waals surface area contributed by atoms with Crippen LogP contribution in [-0.4, -0.2) is 55.8 Å². The fourth-order valence-electron chi connectivity index (χ4n) is 3.74. The molecular formula is C23H30FN3O3S. The van der Waals surface area contributed by atoms with Crippen LogP contribution in [0.5, 0.6) is 0 Å². The van der Waals surface area contributed by atoms with Crippen molar-refractivity contribution in [1.29, 1.82) is 0 Å². The number of nitrogens with zero attached hydrogens (tertiary/aromatic N) is 2. The fraction of sp³-hybridized carbons (Fsp3) is 0.435. The minimum atomic E-state index is -3.55. The van der Waals surface area contributed by atoms with Crippen molar-refractivity contribution >= 4 is 15.9 Å². The Labute approximate surface area is 184 Å². The first-order valence-electron chi connectivity index (χ1n) is 10.5. The molecule has 0 unspecified atom stereocenters. The zero-order chi connectivity index (χ0) is 22.6. The van der Waals surface area contributed by atoms with Gasteiger partial charge in [-0.25, -0.2) is 12.8 Å². The van der Waals surface area contributed by atoms with E-state index in [-0.39, 0.29) is 17.8 Å². The van der Waals surface area contributed by atoms with E-state index >= 15 is 0 Å². The van der Waals surface area contributed by atoms with Crippen LogP contribution in [0.1, 0.15) is 37.4 Å². The Bertz CT molecular complexity index is 994. The van der Waals surface area contributed by atoms with E-state index in [1.54, 1.807) is 36.4 Å². The van der Waals surface area contributed by atoms with Crippen molar-refractivity contribution in [3.8, 4) is 0 Å². The summed E-state index contributed by atoms with van der Waals surface area (Å²) in [5.74, 6) is -0.447. The SMILES string of the molecule is Cc1ccc(S(=O)(=O)N2CCCN([C@@H](C)C(=O)N[C@@H](C)c3ccc(F)cc3)CC2)cc1. The third-order valence-corrected chi connectivity index (χ3v) is 7.72. The van der Waals surface area contributed by atoms with Gasteiger partial charge in [0.1, 0.15) is 5.82 Å². The summed E-state index contributed by atoms with van der Waals surface area (Å²) in [5.41, 5.74) is 1.84. The normalized spacial score (nSPS) is 18.2. The monoisotopic (exact) mass is 447 g/mol. The summed E-state index contributed by atoms with van der Waals surface area (Å²) in [4.78, 5) is 15.1. The van der Waals surface area contributed by atoms with Crippen molar-refractivity contribution in [2.24, 2.45) is 0 Å². The first-order valence-corrected chi connectivity index (χ1v) is 12.0. The average molecular weight is 448 g/mol. The molecule has 0 radical (unpaired) electrons. The quantitative estimate of drug-likeness (QED) is 0.739. The maximum atomic E-state index is 13.1. The summed E-state index contributed by atoms with van der Waals surface area (Å²) in [6, 6.07) is 12.3. The second-order valence-electron chi connectivity index (χ2n) is 8.06. The van der Waals surface area contributed by atoms with Gasteiger partial charge >= 0.3 is 0 Å². The van der Waals surface area contributed by atoms with Crippen molar-refractivity contribution in [2.45, 2.75) is 44.2 Å². The summed E-state index contributed by atoms with van der Waals surface area (Å²) in [7, 11) is -3.55. The topological polar surface area (TPSA) is 69.7 Å². The van der Waals surface area contributed by atoms with Gasteiger partial charge < -0.3 is 5.32 Å². The highest BCUT2D eigenvalue weighted by Crippen LogP contribution is 2.19. The highest BCUT2D eigenvalue weighted by molar-refractivity contribution is 7.89. The number of sulfonamides is 1. The molecule has 31 heavy (non-hydrogen) atoms. The van der Waals surface area contributed by atoms with Crippen LogP contribution in [0.3, 0.4) is 0 Å². The molecule has 2 atom stereocenters. The van der Waals surface area contributed by atoms with Gasteiger partial charge in [-0.1, -0.05) is 29.8 Å². The molecule has 1 aliphatic rings. The van der Waals surface area contributed by atoms with Gasteiger partial charge in [0.2, 0.25) is 15.9 Å². The molecular weight excluding hydrogens is 417 g/mol. The van der Waals surface area contributed by atoms with E-state index in [9.17, 15) is 17.6 Å². The lowest BCUT2D eigenvalue weighted by Gasteiger charge is -2.28. The largest absolute Gasteiger partial charge is 0.348 e.